The van der Waals surface area contributed by atoms with Crippen LogP contribution in [0.2, 0.25) is 0 Å². The summed E-state index contributed by atoms with van der Waals surface area (Å²) < 4.78 is 5.19. The van der Waals surface area contributed by atoms with Crippen molar-refractivity contribution in [2.45, 2.75) is 51.8 Å². The topological polar surface area (TPSA) is 41.5 Å². The van der Waals surface area contributed by atoms with Gasteiger partial charge in [0.1, 0.15) is 5.75 Å². The molecule has 3 nitrogen and oxygen atoms in total. The lowest BCUT2D eigenvalue weighted by Gasteiger charge is -2.26. The van der Waals surface area contributed by atoms with E-state index in [0.29, 0.717) is 6.04 Å². The molecule has 3 heteroatoms. The number of benzene rings is 1. The molecule has 0 aromatic heterocycles. The zero-order chi connectivity index (χ0) is 13.5. The lowest BCUT2D eigenvalue weighted by Crippen LogP contribution is -2.40. The molecule has 0 aliphatic heterocycles. The molecular weight excluding hydrogens is 226 g/mol. The Hall–Kier alpha value is -1.06. The van der Waals surface area contributed by atoms with Gasteiger partial charge in [0.05, 0.1) is 13.2 Å². The molecule has 0 heterocycles. The van der Waals surface area contributed by atoms with Gasteiger partial charge in [-0.15, -0.1) is 0 Å². The molecule has 0 bridgehead atoms. The first-order valence-electron chi connectivity index (χ1n) is 6.70. The van der Waals surface area contributed by atoms with Crippen molar-refractivity contribution in [3.8, 4) is 5.75 Å². The lowest BCUT2D eigenvalue weighted by molar-refractivity contribution is 0.119. The molecule has 1 aromatic rings. The molecule has 1 aromatic carbocycles. The van der Waals surface area contributed by atoms with Gasteiger partial charge in [0, 0.05) is 12.1 Å². The molecule has 0 saturated heterocycles. The Morgan fingerprint density at radius 3 is 2.56 bits per heavy atom. The van der Waals surface area contributed by atoms with E-state index >= 15 is 0 Å². The molecule has 18 heavy (non-hydrogen) atoms. The van der Waals surface area contributed by atoms with Crippen LogP contribution < -0.4 is 10.1 Å². The van der Waals surface area contributed by atoms with Crippen LogP contribution in [0.15, 0.2) is 24.3 Å². The van der Waals surface area contributed by atoms with E-state index in [1.807, 2.05) is 24.3 Å². The molecule has 0 spiro atoms. The van der Waals surface area contributed by atoms with Crippen LogP contribution in [0.3, 0.4) is 0 Å². The molecule has 0 amide bonds. The Bertz CT molecular complexity index is 354. The molecule has 0 fully saturated rings. The summed E-state index contributed by atoms with van der Waals surface area (Å²) in [6, 6.07) is 8.12. The third-order valence-electron chi connectivity index (χ3n) is 3.37. The molecule has 3 unspecified atom stereocenters. The number of aliphatic hydroxyl groups is 1. The number of methoxy groups -OCH3 is 1. The van der Waals surface area contributed by atoms with E-state index in [0.717, 1.165) is 24.2 Å². The van der Waals surface area contributed by atoms with Crippen molar-refractivity contribution in [3.63, 3.8) is 0 Å². The molecule has 102 valence electrons. The summed E-state index contributed by atoms with van der Waals surface area (Å²) >= 11 is 0. The highest BCUT2D eigenvalue weighted by molar-refractivity contribution is 5.30. The van der Waals surface area contributed by atoms with Gasteiger partial charge < -0.3 is 15.2 Å². The highest BCUT2D eigenvalue weighted by atomic mass is 16.5. The van der Waals surface area contributed by atoms with Crippen molar-refractivity contribution in [2.75, 3.05) is 7.11 Å². The summed E-state index contributed by atoms with van der Waals surface area (Å²) in [5.41, 5.74) is 0.900. The van der Waals surface area contributed by atoms with Crippen LogP contribution in [0.5, 0.6) is 5.75 Å². The van der Waals surface area contributed by atoms with Gasteiger partial charge in [0.25, 0.3) is 0 Å². The minimum absolute atomic E-state index is 0.0760. The molecule has 2 N–H and O–H groups in total. The summed E-state index contributed by atoms with van der Waals surface area (Å²) in [4.78, 5) is 0. The predicted molar refractivity (Wildman–Crippen MR) is 74.9 cm³/mol. The second-order valence-corrected chi connectivity index (χ2v) is 4.71. The normalized spacial score (nSPS) is 16.1. The average Bonchev–Trinajstić information content (AvgIpc) is 2.43. The molecule has 0 radical (unpaired) electrons. The van der Waals surface area contributed by atoms with E-state index in [9.17, 15) is 5.11 Å². The van der Waals surface area contributed by atoms with Gasteiger partial charge in [-0.25, -0.2) is 0 Å². The second kappa shape index (κ2) is 7.39. The first-order chi connectivity index (χ1) is 8.62. The quantitative estimate of drug-likeness (QED) is 0.783. The zero-order valence-corrected chi connectivity index (χ0v) is 11.8. The summed E-state index contributed by atoms with van der Waals surface area (Å²) in [7, 11) is 1.64. The van der Waals surface area contributed by atoms with Crippen molar-refractivity contribution in [1.29, 1.82) is 0 Å². The molecule has 0 aliphatic rings. The Labute approximate surface area is 110 Å². The Kier molecular flexibility index (Phi) is 6.16. The van der Waals surface area contributed by atoms with Gasteiger partial charge >= 0.3 is 0 Å². The Morgan fingerprint density at radius 1 is 1.28 bits per heavy atom. The smallest absolute Gasteiger partial charge is 0.119 e. The largest absolute Gasteiger partial charge is 0.497 e. The Balaban J connectivity index is 2.78. The minimum Gasteiger partial charge on any atom is -0.497 e. The van der Waals surface area contributed by atoms with E-state index in [-0.39, 0.29) is 6.04 Å². The Morgan fingerprint density at radius 2 is 2.00 bits per heavy atom. The summed E-state index contributed by atoms with van der Waals surface area (Å²) in [5.74, 6) is 0.782. The van der Waals surface area contributed by atoms with Crippen LogP contribution in [-0.4, -0.2) is 24.3 Å². The first-order valence-corrected chi connectivity index (χ1v) is 6.70. The number of rotatable bonds is 7. The zero-order valence-electron chi connectivity index (χ0n) is 11.8. The maximum atomic E-state index is 10.4. The highest BCUT2D eigenvalue weighted by Gasteiger charge is 2.20. The third kappa shape index (κ3) is 4.00. The van der Waals surface area contributed by atoms with E-state index in [2.05, 4.69) is 26.1 Å². The third-order valence-corrected chi connectivity index (χ3v) is 3.37. The first kappa shape index (κ1) is 15.0. The molecular formula is C15H25NO2. The lowest BCUT2D eigenvalue weighted by atomic mass is 9.99. The fourth-order valence-electron chi connectivity index (χ4n) is 1.97. The van der Waals surface area contributed by atoms with Crippen molar-refractivity contribution in [2.24, 2.45) is 0 Å². The number of aliphatic hydroxyl groups excluding tert-OH is 1. The fraction of sp³-hybridized carbons (Fsp3) is 0.600. The summed E-state index contributed by atoms with van der Waals surface area (Å²) in [6.07, 6.45) is 1.45. The van der Waals surface area contributed by atoms with Crippen LogP contribution >= 0.6 is 0 Å². The van der Waals surface area contributed by atoms with Crippen LogP contribution in [0.4, 0.5) is 0 Å². The van der Waals surface area contributed by atoms with Gasteiger partial charge in [-0.3, -0.25) is 0 Å². The van der Waals surface area contributed by atoms with Crippen molar-refractivity contribution < 1.29 is 9.84 Å². The molecule has 1 rings (SSSR count). The van der Waals surface area contributed by atoms with E-state index in [4.69, 9.17) is 4.74 Å². The minimum atomic E-state index is -0.501. The maximum Gasteiger partial charge on any atom is 0.119 e. The fourth-order valence-corrected chi connectivity index (χ4v) is 1.97. The summed E-state index contributed by atoms with van der Waals surface area (Å²) in [5, 5.41) is 13.9. The monoisotopic (exact) mass is 251 g/mol. The van der Waals surface area contributed by atoms with Gasteiger partial charge in [-0.2, -0.15) is 0 Å². The predicted octanol–water partition coefficient (Wildman–Crippen LogP) is 2.90. The van der Waals surface area contributed by atoms with Gasteiger partial charge in [-0.05, 0) is 37.5 Å². The number of nitrogens with one attached hydrogen (secondary N) is 1. The average molecular weight is 251 g/mol. The van der Waals surface area contributed by atoms with E-state index < -0.39 is 6.10 Å². The van der Waals surface area contributed by atoms with Crippen LogP contribution in [-0.2, 0) is 0 Å². The highest BCUT2D eigenvalue weighted by Crippen LogP contribution is 2.23. The van der Waals surface area contributed by atoms with Crippen LogP contribution in [0, 0.1) is 0 Å². The van der Waals surface area contributed by atoms with Crippen molar-refractivity contribution in [3.05, 3.63) is 29.8 Å². The molecule has 3 atom stereocenters. The van der Waals surface area contributed by atoms with E-state index in [1.165, 1.54) is 0 Å². The van der Waals surface area contributed by atoms with Crippen LogP contribution in [0.25, 0.3) is 0 Å². The maximum absolute atomic E-state index is 10.4. The number of ether oxygens (including phenoxy) is 1. The summed E-state index contributed by atoms with van der Waals surface area (Å²) in [6.45, 7) is 6.37. The van der Waals surface area contributed by atoms with Gasteiger partial charge in [0.15, 0.2) is 0 Å². The van der Waals surface area contributed by atoms with Gasteiger partial charge in [0.2, 0.25) is 0 Å². The van der Waals surface area contributed by atoms with E-state index in [1.54, 1.807) is 7.11 Å². The standard InChI is InChI=1S/C15H25NO2/c1-5-11(3)16-14(6-2)15(17)12-8-7-9-13(10-12)18-4/h7-11,14-17H,5-6H2,1-4H3. The molecule has 0 saturated carbocycles. The van der Waals surface area contributed by atoms with Crippen LogP contribution in [0.1, 0.15) is 45.3 Å². The van der Waals surface area contributed by atoms with Crippen molar-refractivity contribution in [1.82, 2.24) is 5.32 Å². The number of hydrogen-bond donors (Lipinski definition) is 2. The molecule has 0 aliphatic carbocycles. The second-order valence-electron chi connectivity index (χ2n) is 4.71. The van der Waals surface area contributed by atoms with Crippen molar-refractivity contribution >= 4 is 0 Å². The van der Waals surface area contributed by atoms with Gasteiger partial charge in [-0.1, -0.05) is 26.0 Å². The SMILES string of the molecule is CCC(C)NC(CC)C(O)c1cccc(OC)c1. The number of hydrogen-bond acceptors (Lipinski definition) is 3.